The Morgan fingerprint density at radius 3 is 2.78 bits per heavy atom. The lowest BCUT2D eigenvalue weighted by atomic mass is 9.77. The average Bonchev–Trinajstić information content (AvgIpc) is 2.31. The maximum absolute atomic E-state index is 5.14. The van der Waals surface area contributed by atoms with Gasteiger partial charge in [-0.25, -0.2) is 4.98 Å². The van der Waals surface area contributed by atoms with E-state index >= 15 is 0 Å². The summed E-state index contributed by atoms with van der Waals surface area (Å²) in [6.45, 7) is 2.07. The summed E-state index contributed by atoms with van der Waals surface area (Å²) in [7, 11) is 0. The Hall–Kier alpha value is -1.48. The summed E-state index contributed by atoms with van der Waals surface area (Å²) in [6, 6.07) is 8.65. The standard InChI is InChI=1S/C15H16N2S/c1-10-9-16-15(18)17-14(10)13-8-3-2-7-12(13)11-5-4-6-11/h2-3,7-9,11H,4-6H2,1H3,(H,16,17,18). The van der Waals surface area contributed by atoms with Gasteiger partial charge in [0, 0.05) is 11.8 Å². The third-order valence-electron chi connectivity index (χ3n) is 3.78. The normalized spacial score (nSPS) is 15.4. The molecule has 0 aliphatic heterocycles. The zero-order chi connectivity index (χ0) is 12.5. The molecule has 2 nitrogen and oxygen atoms in total. The molecule has 0 amide bonds. The minimum Gasteiger partial charge on any atom is -0.330 e. The number of aromatic nitrogens is 2. The number of rotatable bonds is 2. The fourth-order valence-electron chi connectivity index (χ4n) is 2.54. The third-order valence-corrected chi connectivity index (χ3v) is 3.98. The molecular weight excluding hydrogens is 240 g/mol. The Morgan fingerprint density at radius 2 is 2.06 bits per heavy atom. The predicted molar refractivity (Wildman–Crippen MR) is 76.2 cm³/mol. The molecule has 0 saturated heterocycles. The summed E-state index contributed by atoms with van der Waals surface area (Å²) in [4.78, 5) is 7.37. The van der Waals surface area contributed by atoms with Crippen LogP contribution in [-0.4, -0.2) is 9.97 Å². The van der Waals surface area contributed by atoms with E-state index in [-0.39, 0.29) is 0 Å². The molecule has 1 fully saturated rings. The van der Waals surface area contributed by atoms with Crippen molar-refractivity contribution in [3.05, 3.63) is 46.4 Å². The Bertz CT molecular complexity index is 626. The smallest absolute Gasteiger partial charge is 0.197 e. The van der Waals surface area contributed by atoms with Crippen molar-refractivity contribution < 1.29 is 0 Å². The molecule has 3 heteroatoms. The van der Waals surface area contributed by atoms with Crippen molar-refractivity contribution >= 4 is 12.2 Å². The molecule has 1 heterocycles. The van der Waals surface area contributed by atoms with Crippen LogP contribution in [0.25, 0.3) is 11.3 Å². The van der Waals surface area contributed by atoms with Crippen molar-refractivity contribution in [2.24, 2.45) is 0 Å². The van der Waals surface area contributed by atoms with Gasteiger partial charge in [0.05, 0.1) is 5.69 Å². The van der Waals surface area contributed by atoms with E-state index in [1.54, 1.807) is 0 Å². The number of nitrogens with zero attached hydrogens (tertiary/aromatic N) is 1. The van der Waals surface area contributed by atoms with Crippen molar-refractivity contribution in [1.29, 1.82) is 0 Å². The topological polar surface area (TPSA) is 28.7 Å². The van der Waals surface area contributed by atoms with Crippen LogP contribution in [0.2, 0.25) is 0 Å². The molecule has 1 aromatic heterocycles. The van der Waals surface area contributed by atoms with E-state index in [2.05, 4.69) is 41.2 Å². The molecule has 1 saturated carbocycles. The van der Waals surface area contributed by atoms with Gasteiger partial charge in [-0.05, 0) is 49.0 Å². The lowest BCUT2D eigenvalue weighted by Crippen LogP contribution is -2.10. The van der Waals surface area contributed by atoms with Gasteiger partial charge in [0.15, 0.2) is 4.77 Å². The molecular formula is C15H16N2S. The molecule has 92 valence electrons. The van der Waals surface area contributed by atoms with Gasteiger partial charge >= 0.3 is 0 Å². The summed E-state index contributed by atoms with van der Waals surface area (Å²) >= 11 is 5.14. The molecule has 1 N–H and O–H groups in total. The van der Waals surface area contributed by atoms with Crippen LogP contribution in [0.15, 0.2) is 30.5 Å². The van der Waals surface area contributed by atoms with E-state index < -0.39 is 0 Å². The molecule has 1 aliphatic rings. The Balaban J connectivity index is 2.16. The molecule has 1 aliphatic carbocycles. The van der Waals surface area contributed by atoms with E-state index in [1.807, 2.05) is 6.20 Å². The summed E-state index contributed by atoms with van der Waals surface area (Å²) < 4.78 is 0.555. The van der Waals surface area contributed by atoms with E-state index in [0.717, 1.165) is 17.2 Å². The first-order valence-corrected chi connectivity index (χ1v) is 6.82. The number of aryl methyl sites for hydroxylation is 1. The first kappa shape index (κ1) is 11.6. The Morgan fingerprint density at radius 1 is 1.28 bits per heavy atom. The Kier molecular flexibility index (Phi) is 3.00. The van der Waals surface area contributed by atoms with E-state index in [4.69, 9.17) is 12.2 Å². The van der Waals surface area contributed by atoms with Crippen molar-refractivity contribution in [2.45, 2.75) is 32.1 Å². The minimum atomic E-state index is 0.555. The molecule has 0 spiro atoms. The highest BCUT2D eigenvalue weighted by Gasteiger charge is 2.22. The highest BCUT2D eigenvalue weighted by Crippen LogP contribution is 2.40. The second-order valence-electron chi connectivity index (χ2n) is 4.96. The number of aromatic amines is 1. The van der Waals surface area contributed by atoms with Crippen molar-refractivity contribution in [1.82, 2.24) is 9.97 Å². The summed E-state index contributed by atoms with van der Waals surface area (Å²) in [5, 5.41) is 0. The highest BCUT2D eigenvalue weighted by atomic mass is 32.1. The minimum absolute atomic E-state index is 0.555. The number of hydrogen-bond acceptors (Lipinski definition) is 2. The highest BCUT2D eigenvalue weighted by molar-refractivity contribution is 7.71. The van der Waals surface area contributed by atoms with Gasteiger partial charge in [0.25, 0.3) is 0 Å². The summed E-state index contributed by atoms with van der Waals surface area (Å²) in [5.74, 6) is 0.718. The number of H-pyrrole nitrogens is 1. The van der Waals surface area contributed by atoms with Gasteiger partial charge in [-0.2, -0.15) is 0 Å². The van der Waals surface area contributed by atoms with Crippen LogP contribution in [0.3, 0.4) is 0 Å². The first-order valence-electron chi connectivity index (χ1n) is 6.41. The number of hydrogen-bond donors (Lipinski definition) is 1. The van der Waals surface area contributed by atoms with Gasteiger partial charge < -0.3 is 4.98 Å². The van der Waals surface area contributed by atoms with Crippen LogP contribution in [0.1, 0.15) is 36.3 Å². The van der Waals surface area contributed by atoms with Crippen LogP contribution in [0.5, 0.6) is 0 Å². The maximum atomic E-state index is 5.14. The lowest BCUT2D eigenvalue weighted by Gasteiger charge is -2.28. The van der Waals surface area contributed by atoms with Crippen molar-refractivity contribution in [3.8, 4) is 11.3 Å². The molecule has 0 radical (unpaired) electrons. The zero-order valence-corrected chi connectivity index (χ0v) is 11.3. The predicted octanol–water partition coefficient (Wildman–Crippen LogP) is 4.38. The van der Waals surface area contributed by atoms with Crippen molar-refractivity contribution in [3.63, 3.8) is 0 Å². The van der Waals surface area contributed by atoms with E-state index in [0.29, 0.717) is 4.77 Å². The monoisotopic (exact) mass is 256 g/mol. The third kappa shape index (κ3) is 1.99. The van der Waals surface area contributed by atoms with Crippen molar-refractivity contribution in [2.75, 3.05) is 0 Å². The fraction of sp³-hybridized carbons (Fsp3) is 0.333. The van der Waals surface area contributed by atoms with Crippen LogP contribution in [0, 0.1) is 11.7 Å². The molecule has 18 heavy (non-hydrogen) atoms. The van der Waals surface area contributed by atoms with Crippen LogP contribution in [-0.2, 0) is 0 Å². The first-order chi connectivity index (χ1) is 8.75. The summed E-state index contributed by atoms with van der Waals surface area (Å²) in [5.41, 5.74) is 5.00. The molecule has 0 bridgehead atoms. The molecule has 1 aromatic carbocycles. The largest absolute Gasteiger partial charge is 0.330 e. The average molecular weight is 256 g/mol. The number of benzene rings is 1. The van der Waals surface area contributed by atoms with Crippen LogP contribution < -0.4 is 0 Å². The van der Waals surface area contributed by atoms with E-state index in [1.165, 1.54) is 30.4 Å². The van der Waals surface area contributed by atoms with Gasteiger partial charge in [0.1, 0.15) is 0 Å². The second-order valence-corrected chi connectivity index (χ2v) is 5.35. The second kappa shape index (κ2) is 4.65. The molecule has 3 rings (SSSR count). The van der Waals surface area contributed by atoms with Gasteiger partial charge in [0.2, 0.25) is 0 Å². The van der Waals surface area contributed by atoms with Gasteiger partial charge in [-0.3, -0.25) is 0 Å². The number of nitrogens with one attached hydrogen (secondary N) is 1. The molecule has 0 unspecified atom stereocenters. The van der Waals surface area contributed by atoms with Crippen LogP contribution >= 0.6 is 12.2 Å². The van der Waals surface area contributed by atoms with Gasteiger partial charge in [-0.1, -0.05) is 30.7 Å². The van der Waals surface area contributed by atoms with Gasteiger partial charge in [-0.15, -0.1) is 0 Å². The zero-order valence-electron chi connectivity index (χ0n) is 10.4. The quantitative estimate of drug-likeness (QED) is 0.808. The molecule has 2 aromatic rings. The maximum Gasteiger partial charge on any atom is 0.197 e. The van der Waals surface area contributed by atoms with E-state index in [9.17, 15) is 0 Å². The molecule has 0 atom stereocenters. The lowest BCUT2D eigenvalue weighted by molar-refractivity contribution is 0.420. The SMILES string of the molecule is Cc1cnc(=S)[nH]c1-c1ccccc1C1CCC1. The Labute approximate surface area is 112 Å². The fourth-order valence-corrected chi connectivity index (χ4v) is 2.69. The summed E-state index contributed by atoms with van der Waals surface area (Å²) in [6.07, 6.45) is 5.82. The van der Waals surface area contributed by atoms with Crippen LogP contribution in [0.4, 0.5) is 0 Å².